The first kappa shape index (κ1) is 16.2. The van der Waals surface area contributed by atoms with Crippen LogP contribution in [0.2, 0.25) is 0 Å². The van der Waals surface area contributed by atoms with Crippen molar-refractivity contribution in [3.63, 3.8) is 0 Å². The minimum Gasteiger partial charge on any atom is -0.355 e. The molecular weight excluding hydrogens is 291 g/mol. The number of halogens is 2. The third-order valence-corrected chi connectivity index (χ3v) is 4.84. The lowest BCUT2D eigenvalue weighted by Crippen LogP contribution is -2.50. The number of rotatable bonds is 5. The van der Waals surface area contributed by atoms with Crippen molar-refractivity contribution in [1.29, 1.82) is 0 Å². The van der Waals surface area contributed by atoms with Crippen LogP contribution in [0.3, 0.4) is 0 Å². The molecule has 0 radical (unpaired) electrons. The molecule has 2 fully saturated rings. The van der Waals surface area contributed by atoms with Gasteiger partial charge < -0.3 is 10.6 Å². The quantitative estimate of drug-likeness (QED) is 0.875. The van der Waals surface area contributed by atoms with E-state index < -0.39 is 0 Å². The molecule has 0 bridgehead atoms. The van der Waals surface area contributed by atoms with Gasteiger partial charge in [-0.15, -0.1) is 12.4 Å². The van der Waals surface area contributed by atoms with Gasteiger partial charge in [-0.1, -0.05) is 19.1 Å². The maximum atomic E-state index is 13.0. The molecule has 0 aromatic heterocycles. The van der Waals surface area contributed by atoms with Gasteiger partial charge in [0.05, 0.1) is 0 Å². The van der Waals surface area contributed by atoms with E-state index in [1.807, 2.05) is 19.1 Å². The van der Waals surface area contributed by atoms with Gasteiger partial charge in [0.15, 0.2) is 0 Å². The smallest absolute Gasteiger partial charge is 0.223 e. The Bertz CT molecular complexity index is 498. The van der Waals surface area contributed by atoms with Gasteiger partial charge in [0.25, 0.3) is 0 Å². The second-order valence-corrected chi connectivity index (χ2v) is 6.21. The van der Waals surface area contributed by atoms with E-state index in [0.29, 0.717) is 12.5 Å². The lowest BCUT2D eigenvalue weighted by atomic mass is 9.88. The standard InChI is InChI=1S/C16H21FN2O.ClH/c1-11(12-8-18-9-12)15(20)19-10-16(6-7-16)13-2-4-14(17)5-3-13;/h2-5,11-12,18H,6-10H2,1H3,(H,19,20);1H. The van der Waals surface area contributed by atoms with Crippen molar-refractivity contribution < 1.29 is 9.18 Å². The van der Waals surface area contributed by atoms with E-state index in [2.05, 4.69) is 10.6 Å². The van der Waals surface area contributed by atoms with Crippen molar-refractivity contribution in [2.45, 2.75) is 25.2 Å². The first-order valence-corrected chi connectivity index (χ1v) is 7.35. The number of nitrogens with one attached hydrogen (secondary N) is 2. The molecule has 1 aromatic rings. The summed E-state index contributed by atoms with van der Waals surface area (Å²) in [6.45, 7) is 4.55. The summed E-state index contributed by atoms with van der Waals surface area (Å²) in [5.74, 6) is 0.473. The Morgan fingerprint density at radius 3 is 2.48 bits per heavy atom. The van der Waals surface area contributed by atoms with Gasteiger partial charge in [-0.25, -0.2) is 4.39 Å². The van der Waals surface area contributed by atoms with Gasteiger partial charge in [0.2, 0.25) is 5.91 Å². The third-order valence-electron chi connectivity index (χ3n) is 4.84. The Balaban J connectivity index is 0.00000161. The van der Waals surface area contributed by atoms with E-state index in [-0.39, 0.29) is 35.5 Å². The van der Waals surface area contributed by atoms with Crippen LogP contribution in [0.4, 0.5) is 4.39 Å². The molecule has 116 valence electrons. The second-order valence-electron chi connectivity index (χ2n) is 6.21. The average Bonchev–Trinajstić information content (AvgIpc) is 3.16. The zero-order valence-corrected chi connectivity index (χ0v) is 13.0. The van der Waals surface area contributed by atoms with Crippen molar-refractivity contribution >= 4 is 18.3 Å². The normalized spacial score (nSPS) is 20.9. The molecule has 2 N–H and O–H groups in total. The van der Waals surface area contributed by atoms with Crippen LogP contribution in [0.5, 0.6) is 0 Å². The third kappa shape index (κ3) is 3.38. The Labute approximate surface area is 131 Å². The number of carbonyl (C=O) groups excluding carboxylic acids is 1. The summed E-state index contributed by atoms with van der Waals surface area (Å²) < 4.78 is 13.0. The zero-order valence-electron chi connectivity index (χ0n) is 12.2. The highest BCUT2D eigenvalue weighted by Gasteiger charge is 2.44. The van der Waals surface area contributed by atoms with Crippen LogP contribution in [0.1, 0.15) is 25.3 Å². The first-order chi connectivity index (χ1) is 9.61. The molecule has 21 heavy (non-hydrogen) atoms. The monoisotopic (exact) mass is 312 g/mol. The summed E-state index contributed by atoms with van der Waals surface area (Å²) in [5, 5.41) is 6.28. The molecule has 1 aliphatic carbocycles. The minimum absolute atomic E-state index is 0. The lowest BCUT2D eigenvalue weighted by Gasteiger charge is -2.32. The van der Waals surface area contributed by atoms with E-state index in [9.17, 15) is 9.18 Å². The van der Waals surface area contributed by atoms with Crippen LogP contribution >= 0.6 is 12.4 Å². The molecule has 1 atom stereocenters. The zero-order chi connectivity index (χ0) is 14.2. The molecule has 1 heterocycles. The summed E-state index contributed by atoms with van der Waals surface area (Å²) in [7, 11) is 0. The van der Waals surface area contributed by atoms with Crippen LogP contribution in [0, 0.1) is 17.7 Å². The second kappa shape index (κ2) is 6.32. The summed E-state index contributed by atoms with van der Waals surface area (Å²) >= 11 is 0. The minimum atomic E-state index is -0.209. The maximum Gasteiger partial charge on any atom is 0.223 e. The Kier molecular flexibility index (Phi) is 4.89. The molecular formula is C16H22ClFN2O. The highest BCUT2D eigenvalue weighted by molar-refractivity contribution is 5.85. The van der Waals surface area contributed by atoms with E-state index in [1.54, 1.807) is 0 Å². The predicted molar refractivity (Wildman–Crippen MR) is 83.1 cm³/mol. The largest absolute Gasteiger partial charge is 0.355 e. The van der Waals surface area contributed by atoms with Gasteiger partial charge in [-0.3, -0.25) is 4.79 Å². The molecule has 0 spiro atoms. The Morgan fingerprint density at radius 1 is 1.38 bits per heavy atom. The molecule has 1 saturated carbocycles. The summed E-state index contributed by atoms with van der Waals surface area (Å²) in [4.78, 5) is 12.1. The Hall–Kier alpha value is -1.13. The number of amides is 1. The van der Waals surface area contributed by atoms with E-state index in [0.717, 1.165) is 31.5 Å². The lowest BCUT2D eigenvalue weighted by molar-refractivity contribution is -0.126. The number of hydrogen-bond acceptors (Lipinski definition) is 2. The number of benzene rings is 1. The molecule has 3 nitrogen and oxygen atoms in total. The van der Waals surface area contributed by atoms with Crippen molar-refractivity contribution in [3.05, 3.63) is 35.6 Å². The number of carbonyl (C=O) groups is 1. The van der Waals surface area contributed by atoms with Crippen LogP contribution in [0.15, 0.2) is 24.3 Å². The topological polar surface area (TPSA) is 41.1 Å². The number of hydrogen-bond donors (Lipinski definition) is 2. The molecule has 1 amide bonds. The predicted octanol–water partition coefficient (Wildman–Crippen LogP) is 2.25. The van der Waals surface area contributed by atoms with Gasteiger partial charge in [0.1, 0.15) is 5.82 Å². The van der Waals surface area contributed by atoms with E-state index in [4.69, 9.17) is 0 Å². The van der Waals surface area contributed by atoms with Crippen LogP contribution in [-0.2, 0) is 10.2 Å². The first-order valence-electron chi connectivity index (χ1n) is 7.35. The van der Waals surface area contributed by atoms with Crippen LogP contribution in [-0.4, -0.2) is 25.5 Å². The van der Waals surface area contributed by atoms with E-state index in [1.165, 1.54) is 12.1 Å². The molecule has 5 heteroatoms. The SMILES string of the molecule is CC(C(=O)NCC1(c2ccc(F)cc2)CC1)C1CNC1.Cl. The van der Waals surface area contributed by atoms with Crippen LogP contribution in [0.25, 0.3) is 0 Å². The van der Waals surface area contributed by atoms with Crippen molar-refractivity contribution in [1.82, 2.24) is 10.6 Å². The fourth-order valence-corrected chi connectivity index (χ4v) is 2.82. The van der Waals surface area contributed by atoms with Crippen molar-refractivity contribution in [2.75, 3.05) is 19.6 Å². The maximum absolute atomic E-state index is 13.0. The van der Waals surface area contributed by atoms with E-state index >= 15 is 0 Å². The highest BCUT2D eigenvalue weighted by Crippen LogP contribution is 2.47. The van der Waals surface area contributed by atoms with Crippen molar-refractivity contribution in [2.24, 2.45) is 11.8 Å². The highest BCUT2D eigenvalue weighted by atomic mass is 35.5. The molecule has 1 saturated heterocycles. The molecule has 3 rings (SSSR count). The average molecular weight is 313 g/mol. The van der Waals surface area contributed by atoms with Gasteiger partial charge in [0, 0.05) is 17.9 Å². The molecule has 1 aromatic carbocycles. The molecule has 1 unspecified atom stereocenters. The summed E-state index contributed by atoms with van der Waals surface area (Å²) in [6, 6.07) is 6.68. The summed E-state index contributed by atoms with van der Waals surface area (Å²) in [5.41, 5.74) is 1.18. The van der Waals surface area contributed by atoms with Gasteiger partial charge in [-0.05, 0) is 49.5 Å². The van der Waals surface area contributed by atoms with Gasteiger partial charge in [-0.2, -0.15) is 0 Å². The van der Waals surface area contributed by atoms with Gasteiger partial charge >= 0.3 is 0 Å². The summed E-state index contributed by atoms with van der Waals surface area (Å²) in [6.07, 6.45) is 2.14. The molecule has 2 aliphatic rings. The fraction of sp³-hybridized carbons (Fsp3) is 0.562. The molecule has 1 aliphatic heterocycles. The van der Waals surface area contributed by atoms with Crippen LogP contribution < -0.4 is 10.6 Å². The van der Waals surface area contributed by atoms with Crippen molar-refractivity contribution in [3.8, 4) is 0 Å². The fourth-order valence-electron chi connectivity index (χ4n) is 2.82. The Morgan fingerprint density at radius 2 is 2.00 bits per heavy atom.